The molecule has 0 aliphatic carbocycles. The second-order valence-corrected chi connectivity index (χ2v) is 8.63. The SMILES string of the molecule is CCNC(=NCCCN(C(C)C)C(C)C)NCCC(=O)N1CCN(c2ncccn2)CC1.I. The van der Waals surface area contributed by atoms with Gasteiger partial charge >= 0.3 is 0 Å². The van der Waals surface area contributed by atoms with Crippen LogP contribution in [0, 0.1) is 0 Å². The standard InChI is InChI=1S/C23H42N8O.HI/c1-6-24-22(25-12-8-14-31(19(2)3)20(4)5)26-13-9-21(32)29-15-17-30(18-16-29)23-27-10-7-11-28-23;/h7,10-11,19-20H,6,8-9,12-18H2,1-5H3,(H2,24,25,26);1H. The lowest BCUT2D eigenvalue weighted by Crippen LogP contribution is -2.50. The monoisotopic (exact) mass is 574 g/mol. The number of rotatable bonds is 11. The van der Waals surface area contributed by atoms with Crippen LogP contribution in [0.25, 0.3) is 0 Å². The van der Waals surface area contributed by atoms with Crippen molar-refractivity contribution in [2.45, 2.75) is 59.5 Å². The summed E-state index contributed by atoms with van der Waals surface area (Å²) in [6.45, 7) is 17.1. The number of nitrogens with zero attached hydrogens (tertiary/aromatic N) is 6. The maximum absolute atomic E-state index is 12.6. The Labute approximate surface area is 216 Å². The minimum absolute atomic E-state index is 0. The van der Waals surface area contributed by atoms with Crippen molar-refractivity contribution >= 4 is 41.8 Å². The second kappa shape index (κ2) is 16.0. The Balaban J connectivity index is 0.00000544. The summed E-state index contributed by atoms with van der Waals surface area (Å²) >= 11 is 0. The van der Waals surface area contributed by atoms with E-state index in [1.807, 2.05) is 11.0 Å². The first-order valence-corrected chi connectivity index (χ1v) is 12.0. The summed E-state index contributed by atoms with van der Waals surface area (Å²) in [5, 5.41) is 6.58. The van der Waals surface area contributed by atoms with Crippen molar-refractivity contribution in [1.82, 2.24) is 30.4 Å². The van der Waals surface area contributed by atoms with Crippen molar-refractivity contribution in [2.75, 3.05) is 57.3 Å². The fourth-order valence-electron chi connectivity index (χ4n) is 3.95. The molecule has 188 valence electrons. The highest BCUT2D eigenvalue weighted by atomic mass is 127. The lowest BCUT2D eigenvalue weighted by molar-refractivity contribution is -0.131. The lowest BCUT2D eigenvalue weighted by atomic mass is 10.2. The van der Waals surface area contributed by atoms with Crippen LogP contribution in [0.4, 0.5) is 5.95 Å². The molecule has 0 spiro atoms. The molecule has 0 atom stereocenters. The van der Waals surface area contributed by atoms with Crippen molar-refractivity contribution in [3.8, 4) is 0 Å². The van der Waals surface area contributed by atoms with Crippen LogP contribution in [0.5, 0.6) is 0 Å². The summed E-state index contributed by atoms with van der Waals surface area (Å²) in [6.07, 6.45) is 4.97. The average molecular weight is 575 g/mol. The molecule has 2 N–H and O–H groups in total. The summed E-state index contributed by atoms with van der Waals surface area (Å²) < 4.78 is 0. The van der Waals surface area contributed by atoms with Gasteiger partial charge in [0.15, 0.2) is 5.96 Å². The minimum Gasteiger partial charge on any atom is -0.357 e. The Morgan fingerprint density at radius 3 is 2.30 bits per heavy atom. The normalized spacial score (nSPS) is 14.6. The summed E-state index contributed by atoms with van der Waals surface area (Å²) in [4.78, 5) is 32.4. The Morgan fingerprint density at radius 2 is 1.73 bits per heavy atom. The lowest BCUT2D eigenvalue weighted by Gasteiger charge is -2.34. The van der Waals surface area contributed by atoms with Gasteiger partial charge < -0.3 is 20.4 Å². The Morgan fingerprint density at radius 1 is 1.09 bits per heavy atom. The van der Waals surface area contributed by atoms with Gasteiger partial charge in [-0.1, -0.05) is 0 Å². The van der Waals surface area contributed by atoms with E-state index in [0.717, 1.165) is 51.1 Å². The van der Waals surface area contributed by atoms with Crippen LogP contribution in [-0.2, 0) is 4.79 Å². The van der Waals surface area contributed by atoms with E-state index in [4.69, 9.17) is 0 Å². The first-order valence-electron chi connectivity index (χ1n) is 12.0. The zero-order chi connectivity index (χ0) is 23.3. The first-order chi connectivity index (χ1) is 15.4. The molecular formula is C23H43IN8O. The van der Waals surface area contributed by atoms with Crippen LogP contribution in [-0.4, -0.2) is 96.1 Å². The molecule has 0 aromatic carbocycles. The number of carbonyl (C=O) groups is 1. The van der Waals surface area contributed by atoms with Gasteiger partial charge in [-0.25, -0.2) is 9.97 Å². The average Bonchev–Trinajstić information content (AvgIpc) is 2.79. The molecule has 0 bridgehead atoms. The molecule has 2 rings (SSSR count). The molecule has 10 heteroatoms. The van der Waals surface area contributed by atoms with Gasteiger partial charge in [0.2, 0.25) is 11.9 Å². The largest absolute Gasteiger partial charge is 0.357 e. The molecule has 1 saturated heterocycles. The van der Waals surface area contributed by atoms with Crippen LogP contribution >= 0.6 is 24.0 Å². The van der Waals surface area contributed by atoms with Crippen LogP contribution in [0.3, 0.4) is 0 Å². The van der Waals surface area contributed by atoms with E-state index in [0.29, 0.717) is 38.1 Å². The Kier molecular flexibility index (Phi) is 14.2. The van der Waals surface area contributed by atoms with E-state index in [1.165, 1.54) is 0 Å². The van der Waals surface area contributed by atoms with Crippen LogP contribution in [0.15, 0.2) is 23.5 Å². The molecular weight excluding hydrogens is 531 g/mol. The van der Waals surface area contributed by atoms with Gasteiger partial charge in [-0.2, -0.15) is 0 Å². The van der Waals surface area contributed by atoms with Crippen LogP contribution in [0.1, 0.15) is 47.5 Å². The van der Waals surface area contributed by atoms with Gasteiger partial charge in [0.25, 0.3) is 0 Å². The number of carbonyl (C=O) groups excluding carboxylic acids is 1. The summed E-state index contributed by atoms with van der Waals surface area (Å²) in [7, 11) is 0. The van der Waals surface area contributed by atoms with Gasteiger partial charge in [0.05, 0.1) is 0 Å². The van der Waals surface area contributed by atoms with Crippen molar-refractivity contribution in [3.05, 3.63) is 18.5 Å². The molecule has 1 amide bonds. The van der Waals surface area contributed by atoms with Gasteiger partial charge in [-0.15, -0.1) is 24.0 Å². The highest BCUT2D eigenvalue weighted by Crippen LogP contribution is 2.10. The first kappa shape index (κ1) is 29.3. The quantitative estimate of drug-likeness (QED) is 0.181. The van der Waals surface area contributed by atoms with Crippen molar-refractivity contribution in [1.29, 1.82) is 0 Å². The molecule has 0 radical (unpaired) electrons. The number of hydrogen-bond donors (Lipinski definition) is 2. The Bertz CT molecular complexity index is 685. The number of nitrogens with one attached hydrogen (secondary N) is 2. The number of aliphatic imine (C=N–C) groups is 1. The topological polar surface area (TPSA) is 89.0 Å². The predicted octanol–water partition coefficient (Wildman–Crippen LogP) is 2.20. The number of hydrogen-bond acceptors (Lipinski definition) is 6. The number of anilines is 1. The van der Waals surface area contributed by atoms with E-state index >= 15 is 0 Å². The number of piperazine rings is 1. The maximum atomic E-state index is 12.6. The molecule has 2 heterocycles. The molecule has 33 heavy (non-hydrogen) atoms. The van der Waals surface area contributed by atoms with E-state index in [1.54, 1.807) is 12.4 Å². The molecule has 9 nitrogen and oxygen atoms in total. The van der Waals surface area contributed by atoms with E-state index in [-0.39, 0.29) is 29.9 Å². The van der Waals surface area contributed by atoms with Crippen LogP contribution in [0.2, 0.25) is 0 Å². The molecule has 1 aliphatic heterocycles. The van der Waals surface area contributed by atoms with Crippen molar-refractivity contribution in [2.24, 2.45) is 4.99 Å². The fourth-order valence-corrected chi connectivity index (χ4v) is 3.95. The molecule has 0 unspecified atom stereocenters. The third kappa shape index (κ3) is 10.4. The smallest absolute Gasteiger partial charge is 0.225 e. The fraction of sp³-hybridized carbons (Fsp3) is 0.739. The van der Waals surface area contributed by atoms with Crippen molar-refractivity contribution < 1.29 is 4.79 Å². The van der Waals surface area contributed by atoms with Gasteiger partial charge in [0.1, 0.15) is 0 Å². The Hall–Kier alpha value is -1.69. The highest BCUT2D eigenvalue weighted by molar-refractivity contribution is 14.0. The van der Waals surface area contributed by atoms with Gasteiger partial charge in [-0.3, -0.25) is 14.7 Å². The minimum atomic E-state index is 0. The van der Waals surface area contributed by atoms with E-state index in [2.05, 4.69) is 70.0 Å². The maximum Gasteiger partial charge on any atom is 0.225 e. The summed E-state index contributed by atoms with van der Waals surface area (Å²) in [5.74, 6) is 1.69. The van der Waals surface area contributed by atoms with Gasteiger partial charge in [0, 0.05) is 83.3 Å². The van der Waals surface area contributed by atoms with Gasteiger partial charge in [-0.05, 0) is 47.1 Å². The highest BCUT2D eigenvalue weighted by Gasteiger charge is 2.22. The molecule has 0 saturated carbocycles. The number of guanidine groups is 1. The third-order valence-corrected chi connectivity index (χ3v) is 5.61. The number of halogens is 1. The van der Waals surface area contributed by atoms with Crippen LogP contribution < -0.4 is 15.5 Å². The number of amides is 1. The predicted molar refractivity (Wildman–Crippen MR) is 146 cm³/mol. The molecule has 1 aromatic heterocycles. The third-order valence-electron chi connectivity index (χ3n) is 5.61. The number of aromatic nitrogens is 2. The zero-order valence-electron chi connectivity index (χ0n) is 21.0. The van der Waals surface area contributed by atoms with E-state index in [9.17, 15) is 4.79 Å². The second-order valence-electron chi connectivity index (χ2n) is 8.63. The van der Waals surface area contributed by atoms with Crippen molar-refractivity contribution in [3.63, 3.8) is 0 Å². The molecule has 1 fully saturated rings. The summed E-state index contributed by atoms with van der Waals surface area (Å²) in [5.41, 5.74) is 0. The molecule has 1 aromatic rings. The molecule has 1 aliphatic rings. The van der Waals surface area contributed by atoms with E-state index < -0.39 is 0 Å². The zero-order valence-corrected chi connectivity index (χ0v) is 23.3. The summed E-state index contributed by atoms with van der Waals surface area (Å²) in [6, 6.07) is 2.89.